The van der Waals surface area contributed by atoms with Crippen LogP contribution >= 0.6 is 0 Å². The van der Waals surface area contributed by atoms with E-state index in [0.717, 1.165) is 40.9 Å². The minimum Gasteiger partial charge on any atom is -0.354 e. The topological polar surface area (TPSA) is 59.6 Å². The molecule has 0 saturated carbocycles. The summed E-state index contributed by atoms with van der Waals surface area (Å²) in [7, 11) is 0. The third kappa shape index (κ3) is 2.02. The second-order valence-corrected chi connectivity index (χ2v) is 5.98. The third-order valence-electron chi connectivity index (χ3n) is 4.73. The van der Waals surface area contributed by atoms with Crippen molar-refractivity contribution in [2.75, 3.05) is 5.32 Å². The Kier molecular flexibility index (Phi) is 3.14. The molecule has 1 N–H and O–H groups in total. The number of rotatable bonds is 0. The normalized spacial score (nSPS) is 14.4. The fourth-order valence-corrected chi connectivity index (χ4v) is 3.68. The predicted octanol–water partition coefficient (Wildman–Crippen LogP) is 4.47. The molecule has 2 aromatic rings. The Balaban J connectivity index is 2.06. The van der Waals surface area contributed by atoms with Crippen molar-refractivity contribution in [2.45, 2.75) is 25.7 Å². The van der Waals surface area contributed by atoms with Gasteiger partial charge in [0.05, 0.1) is 0 Å². The van der Waals surface area contributed by atoms with Crippen LogP contribution in [0.3, 0.4) is 0 Å². The van der Waals surface area contributed by atoms with Gasteiger partial charge in [0.15, 0.2) is 0 Å². The van der Waals surface area contributed by atoms with Crippen LogP contribution in [0.25, 0.3) is 5.57 Å². The molecule has 0 radical (unpaired) electrons. The van der Waals surface area contributed by atoms with Gasteiger partial charge in [0.25, 0.3) is 0 Å². The zero-order chi connectivity index (χ0) is 15.8. The van der Waals surface area contributed by atoms with Crippen molar-refractivity contribution in [2.24, 2.45) is 0 Å². The average Bonchev–Trinajstić information content (AvgIpc) is 2.62. The molecule has 3 heteroatoms. The van der Waals surface area contributed by atoms with Crippen LogP contribution in [0, 0.1) is 22.7 Å². The first-order valence-corrected chi connectivity index (χ1v) is 7.89. The van der Waals surface area contributed by atoms with E-state index in [-0.39, 0.29) is 5.57 Å². The summed E-state index contributed by atoms with van der Waals surface area (Å²) in [4.78, 5) is 0. The van der Waals surface area contributed by atoms with Gasteiger partial charge in [-0.05, 0) is 42.9 Å². The summed E-state index contributed by atoms with van der Waals surface area (Å²) in [6.07, 6.45) is 4.58. The lowest BCUT2D eigenvalue weighted by Crippen LogP contribution is -2.13. The van der Waals surface area contributed by atoms with E-state index >= 15 is 0 Å². The van der Waals surface area contributed by atoms with Crippen LogP contribution in [0.1, 0.15) is 35.1 Å². The summed E-state index contributed by atoms with van der Waals surface area (Å²) in [6, 6.07) is 16.3. The van der Waals surface area contributed by atoms with E-state index < -0.39 is 0 Å². The molecule has 3 nitrogen and oxygen atoms in total. The standard InChI is InChI=1S/C20H15N3/c21-11-14(12-22)19-16-7-3-4-8-18(16)23-20-15-6-2-1-5-13(15)9-10-17(19)20/h3-4,7-10,23H,1-2,5-6H2. The summed E-state index contributed by atoms with van der Waals surface area (Å²) in [5, 5.41) is 22.4. The summed E-state index contributed by atoms with van der Waals surface area (Å²) < 4.78 is 0. The van der Waals surface area contributed by atoms with E-state index in [0.29, 0.717) is 0 Å². The quantitative estimate of drug-likeness (QED) is 0.623. The summed E-state index contributed by atoms with van der Waals surface area (Å²) in [6.45, 7) is 0. The van der Waals surface area contributed by atoms with Gasteiger partial charge in [0.1, 0.15) is 17.7 Å². The third-order valence-corrected chi connectivity index (χ3v) is 4.73. The molecule has 0 fully saturated rings. The fraction of sp³-hybridized carbons (Fsp3) is 0.200. The summed E-state index contributed by atoms with van der Waals surface area (Å²) >= 11 is 0. The van der Waals surface area contributed by atoms with Gasteiger partial charge in [0.2, 0.25) is 0 Å². The van der Waals surface area contributed by atoms with Gasteiger partial charge in [-0.25, -0.2) is 0 Å². The van der Waals surface area contributed by atoms with E-state index in [1.54, 1.807) is 0 Å². The first-order valence-electron chi connectivity index (χ1n) is 7.89. The Hall–Kier alpha value is -3.04. The lowest BCUT2D eigenvalue weighted by atomic mass is 9.82. The molecule has 2 aromatic carbocycles. The highest BCUT2D eigenvalue weighted by molar-refractivity contribution is 6.01. The number of benzene rings is 2. The molecule has 0 spiro atoms. The Morgan fingerprint density at radius 3 is 2.52 bits per heavy atom. The Labute approximate surface area is 135 Å². The number of allylic oxidation sites excluding steroid dienone is 1. The van der Waals surface area contributed by atoms with Crippen LogP contribution in [0.2, 0.25) is 0 Å². The van der Waals surface area contributed by atoms with Crippen molar-refractivity contribution >= 4 is 16.9 Å². The van der Waals surface area contributed by atoms with Crippen molar-refractivity contribution in [1.82, 2.24) is 0 Å². The number of para-hydroxylation sites is 1. The maximum atomic E-state index is 9.42. The fourth-order valence-electron chi connectivity index (χ4n) is 3.68. The Bertz CT molecular complexity index is 907. The maximum absolute atomic E-state index is 9.42. The van der Waals surface area contributed by atoms with Crippen LogP contribution < -0.4 is 5.32 Å². The SMILES string of the molecule is N#CC(C#N)=C1c2ccccc2Nc2c1ccc1c2CCCC1. The molecule has 0 amide bonds. The molecule has 0 atom stereocenters. The molecular weight excluding hydrogens is 282 g/mol. The van der Waals surface area contributed by atoms with Gasteiger partial charge in [-0.3, -0.25) is 0 Å². The largest absolute Gasteiger partial charge is 0.354 e. The minimum atomic E-state index is 0.177. The zero-order valence-corrected chi connectivity index (χ0v) is 12.7. The monoisotopic (exact) mass is 297 g/mol. The molecule has 1 heterocycles. The second-order valence-electron chi connectivity index (χ2n) is 5.98. The number of nitrogens with zero attached hydrogens (tertiary/aromatic N) is 2. The van der Waals surface area contributed by atoms with Crippen LogP contribution in [-0.2, 0) is 12.8 Å². The summed E-state index contributed by atoms with van der Waals surface area (Å²) in [5.41, 5.74) is 7.61. The molecule has 4 rings (SSSR count). The van der Waals surface area contributed by atoms with Crippen LogP contribution in [0.15, 0.2) is 42.0 Å². The van der Waals surface area contributed by atoms with Gasteiger partial charge < -0.3 is 5.32 Å². The van der Waals surface area contributed by atoms with Crippen LogP contribution in [0.4, 0.5) is 11.4 Å². The maximum Gasteiger partial charge on any atom is 0.138 e. The number of fused-ring (bicyclic) bond motifs is 4. The van der Waals surface area contributed by atoms with Crippen molar-refractivity contribution in [3.05, 3.63) is 64.2 Å². The lowest BCUT2D eigenvalue weighted by molar-refractivity contribution is 0.686. The molecule has 110 valence electrons. The van der Waals surface area contributed by atoms with E-state index in [9.17, 15) is 10.5 Å². The van der Waals surface area contributed by atoms with E-state index in [4.69, 9.17) is 0 Å². The first-order chi connectivity index (χ1) is 11.3. The van der Waals surface area contributed by atoms with Crippen LogP contribution in [0.5, 0.6) is 0 Å². The highest BCUT2D eigenvalue weighted by Gasteiger charge is 2.26. The van der Waals surface area contributed by atoms with E-state index in [1.807, 2.05) is 24.3 Å². The molecule has 2 aliphatic rings. The number of anilines is 2. The van der Waals surface area contributed by atoms with Crippen molar-refractivity contribution in [3.8, 4) is 12.1 Å². The highest BCUT2D eigenvalue weighted by Crippen LogP contribution is 2.45. The average molecular weight is 297 g/mol. The van der Waals surface area contributed by atoms with Gasteiger partial charge in [-0.15, -0.1) is 0 Å². The second kappa shape index (κ2) is 5.30. The Morgan fingerprint density at radius 1 is 0.913 bits per heavy atom. The number of nitrogens with one attached hydrogen (secondary N) is 1. The highest BCUT2D eigenvalue weighted by atomic mass is 14.9. The molecule has 0 unspecified atom stereocenters. The smallest absolute Gasteiger partial charge is 0.138 e. The van der Waals surface area contributed by atoms with Crippen molar-refractivity contribution in [3.63, 3.8) is 0 Å². The lowest BCUT2D eigenvalue weighted by Gasteiger charge is -2.29. The van der Waals surface area contributed by atoms with Gasteiger partial charge in [-0.1, -0.05) is 30.3 Å². The van der Waals surface area contributed by atoms with Gasteiger partial charge >= 0.3 is 0 Å². The van der Waals surface area contributed by atoms with Crippen molar-refractivity contribution in [1.29, 1.82) is 10.5 Å². The number of nitriles is 2. The molecular formula is C20H15N3. The number of aryl methyl sites for hydroxylation is 1. The van der Waals surface area contributed by atoms with Crippen LogP contribution in [-0.4, -0.2) is 0 Å². The molecule has 1 aliphatic carbocycles. The zero-order valence-electron chi connectivity index (χ0n) is 12.7. The van der Waals surface area contributed by atoms with Gasteiger partial charge in [-0.2, -0.15) is 10.5 Å². The minimum absolute atomic E-state index is 0.177. The number of hydrogen-bond acceptors (Lipinski definition) is 3. The van der Waals surface area contributed by atoms with E-state index in [1.165, 1.54) is 24.0 Å². The van der Waals surface area contributed by atoms with Gasteiger partial charge in [0, 0.05) is 28.1 Å². The number of hydrogen-bond donors (Lipinski definition) is 1. The summed E-state index contributed by atoms with van der Waals surface area (Å²) in [5.74, 6) is 0. The molecule has 23 heavy (non-hydrogen) atoms. The molecule has 0 aromatic heterocycles. The Morgan fingerprint density at radius 2 is 1.70 bits per heavy atom. The predicted molar refractivity (Wildman–Crippen MR) is 90.1 cm³/mol. The molecule has 1 aliphatic heterocycles. The van der Waals surface area contributed by atoms with E-state index in [2.05, 4.69) is 29.6 Å². The molecule has 0 bridgehead atoms. The van der Waals surface area contributed by atoms with Crippen molar-refractivity contribution < 1.29 is 0 Å². The first kappa shape index (κ1) is 13.6. The molecule has 0 saturated heterocycles.